The molecule has 1 aromatic heterocycles. The third kappa shape index (κ3) is 5.94. The van der Waals surface area contributed by atoms with Crippen LogP contribution in [-0.2, 0) is 24.2 Å². The number of aryl methyl sites for hydroxylation is 2. The van der Waals surface area contributed by atoms with Crippen LogP contribution in [0.4, 0.5) is 0 Å². The summed E-state index contributed by atoms with van der Waals surface area (Å²) in [6.45, 7) is 8.38. The van der Waals surface area contributed by atoms with Crippen molar-refractivity contribution in [3.8, 4) is 0 Å². The minimum atomic E-state index is 0.111. The van der Waals surface area contributed by atoms with Gasteiger partial charge >= 0.3 is 0 Å². The number of hydrogen-bond acceptors (Lipinski definition) is 2. The summed E-state index contributed by atoms with van der Waals surface area (Å²) in [5, 5.41) is 3.06. The van der Waals surface area contributed by atoms with Crippen molar-refractivity contribution in [2.24, 2.45) is 5.92 Å². The molecule has 1 N–H and O–H groups in total. The van der Waals surface area contributed by atoms with Crippen LogP contribution < -0.4 is 5.32 Å². The highest BCUT2D eigenvalue weighted by Crippen LogP contribution is 2.20. The van der Waals surface area contributed by atoms with Gasteiger partial charge in [-0.15, -0.1) is 0 Å². The van der Waals surface area contributed by atoms with E-state index in [1.807, 2.05) is 18.2 Å². The number of fused-ring (bicyclic) bond motifs is 1. The Hall–Kier alpha value is -2.62. The Morgan fingerprint density at radius 3 is 2.63 bits per heavy atom. The standard InChI is InChI=1S/C26H35N3O/c1-4-20(2)19-29-24-15-10-9-14-23(24)28-25(29)16-6-5-11-17-27-26(30)18-22-13-8-7-12-21(22)3/h7-10,12-15,20H,4-6,11,16-19H2,1-3H3,(H,27,30). The van der Waals surface area contributed by atoms with Crippen molar-refractivity contribution in [1.29, 1.82) is 0 Å². The van der Waals surface area contributed by atoms with Gasteiger partial charge in [-0.1, -0.05) is 63.1 Å². The summed E-state index contributed by atoms with van der Waals surface area (Å²) in [6.07, 6.45) is 5.82. The van der Waals surface area contributed by atoms with E-state index in [2.05, 4.69) is 61.0 Å². The number of hydrogen-bond donors (Lipinski definition) is 1. The second-order valence-electron chi connectivity index (χ2n) is 8.40. The van der Waals surface area contributed by atoms with E-state index in [0.717, 1.165) is 49.9 Å². The first-order valence-electron chi connectivity index (χ1n) is 11.3. The predicted octanol–water partition coefficient (Wildman–Crippen LogP) is 5.46. The molecule has 0 spiro atoms. The van der Waals surface area contributed by atoms with E-state index in [1.54, 1.807) is 0 Å². The molecule has 0 aliphatic rings. The van der Waals surface area contributed by atoms with Crippen LogP contribution >= 0.6 is 0 Å². The fraction of sp³-hybridized carbons (Fsp3) is 0.462. The molecule has 30 heavy (non-hydrogen) atoms. The van der Waals surface area contributed by atoms with Gasteiger partial charge < -0.3 is 9.88 Å². The van der Waals surface area contributed by atoms with Gasteiger partial charge in [0.1, 0.15) is 5.82 Å². The molecule has 0 saturated heterocycles. The van der Waals surface area contributed by atoms with Crippen LogP contribution in [0.15, 0.2) is 48.5 Å². The zero-order valence-electron chi connectivity index (χ0n) is 18.7. The minimum absolute atomic E-state index is 0.111. The Labute approximate surface area is 180 Å². The third-order valence-electron chi connectivity index (χ3n) is 5.94. The largest absolute Gasteiger partial charge is 0.356 e. The highest BCUT2D eigenvalue weighted by atomic mass is 16.1. The van der Waals surface area contributed by atoms with Gasteiger partial charge in [-0.2, -0.15) is 0 Å². The highest BCUT2D eigenvalue weighted by molar-refractivity contribution is 5.78. The van der Waals surface area contributed by atoms with Gasteiger partial charge in [0.05, 0.1) is 17.5 Å². The topological polar surface area (TPSA) is 46.9 Å². The second-order valence-corrected chi connectivity index (χ2v) is 8.40. The average Bonchev–Trinajstić information content (AvgIpc) is 3.09. The minimum Gasteiger partial charge on any atom is -0.356 e. The summed E-state index contributed by atoms with van der Waals surface area (Å²) in [5.74, 6) is 1.95. The molecule has 0 radical (unpaired) electrons. The molecule has 4 heteroatoms. The highest BCUT2D eigenvalue weighted by Gasteiger charge is 2.12. The second kappa shape index (κ2) is 11.0. The first-order chi connectivity index (χ1) is 14.6. The maximum absolute atomic E-state index is 12.2. The summed E-state index contributed by atoms with van der Waals surface area (Å²) in [7, 11) is 0. The molecule has 1 atom stereocenters. The van der Waals surface area contributed by atoms with Crippen molar-refractivity contribution in [2.75, 3.05) is 6.54 Å². The molecule has 2 aromatic carbocycles. The van der Waals surface area contributed by atoms with Gasteiger partial charge in [-0.05, 0) is 48.9 Å². The van der Waals surface area contributed by atoms with Gasteiger partial charge in [0.25, 0.3) is 0 Å². The van der Waals surface area contributed by atoms with Gasteiger partial charge in [0.2, 0.25) is 5.91 Å². The van der Waals surface area contributed by atoms with Crippen molar-refractivity contribution in [1.82, 2.24) is 14.9 Å². The fourth-order valence-electron chi connectivity index (χ4n) is 3.82. The molecule has 0 fully saturated rings. The Balaban J connectivity index is 1.44. The number of aromatic nitrogens is 2. The molecule has 4 nitrogen and oxygen atoms in total. The summed E-state index contributed by atoms with van der Waals surface area (Å²) in [4.78, 5) is 17.1. The number of amides is 1. The average molecular weight is 406 g/mol. The molecule has 3 rings (SSSR count). The first kappa shape index (κ1) is 22.1. The van der Waals surface area contributed by atoms with Crippen LogP contribution in [0.3, 0.4) is 0 Å². The van der Waals surface area contributed by atoms with E-state index in [0.29, 0.717) is 12.3 Å². The quantitative estimate of drug-likeness (QED) is 0.430. The predicted molar refractivity (Wildman–Crippen MR) is 125 cm³/mol. The summed E-state index contributed by atoms with van der Waals surface area (Å²) < 4.78 is 2.41. The molecule has 0 saturated carbocycles. The van der Waals surface area contributed by atoms with Crippen LogP contribution in [0, 0.1) is 12.8 Å². The molecule has 1 unspecified atom stereocenters. The van der Waals surface area contributed by atoms with E-state index in [1.165, 1.54) is 23.3 Å². The van der Waals surface area contributed by atoms with Crippen molar-refractivity contribution in [3.63, 3.8) is 0 Å². The lowest BCUT2D eigenvalue weighted by Gasteiger charge is -2.14. The Bertz CT molecular complexity index is 960. The SMILES string of the molecule is CCC(C)Cn1c(CCCCCNC(=O)Cc2ccccc2C)nc2ccccc21. The molecule has 1 amide bonds. The van der Waals surface area contributed by atoms with Crippen LogP contribution in [0.5, 0.6) is 0 Å². The van der Waals surface area contributed by atoms with Gasteiger partial charge in [-0.3, -0.25) is 4.79 Å². The molecule has 1 heterocycles. The molecule has 0 bridgehead atoms. The van der Waals surface area contributed by atoms with Gasteiger partial charge in [0, 0.05) is 19.5 Å². The molecule has 0 aliphatic heterocycles. The van der Waals surface area contributed by atoms with E-state index in [9.17, 15) is 4.79 Å². The molecule has 0 aliphatic carbocycles. The van der Waals surface area contributed by atoms with Crippen LogP contribution in [0.2, 0.25) is 0 Å². The smallest absolute Gasteiger partial charge is 0.224 e. The van der Waals surface area contributed by atoms with Gasteiger partial charge in [-0.25, -0.2) is 4.98 Å². The monoisotopic (exact) mass is 405 g/mol. The Morgan fingerprint density at radius 2 is 1.83 bits per heavy atom. The van der Waals surface area contributed by atoms with Crippen molar-refractivity contribution in [3.05, 3.63) is 65.5 Å². The van der Waals surface area contributed by atoms with E-state index < -0.39 is 0 Å². The lowest BCUT2D eigenvalue weighted by Crippen LogP contribution is -2.26. The number of carbonyl (C=O) groups excluding carboxylic acids is 1. The molecule has 3 aromatic rings. The zero-order valence-corrected chi connectivity index (χ0v) is 18.7. The number of nitrogens with one attached hydrogen (secondary N) is 1. The van der Waals surface area contributed by atoms with Crippen molar-refractivity contribution >= 4 is 16.9 Å². The fourth-order valence-corrected chi connectivity index (χ4v) is 3.82. The number of para-hydroxylation sites is 2. The number of rotatable bonds is 11. The maximum Gasteiger partial charge on any atom is 0.224 e. The lowest BCUT2D eigenvalue weighted by atomic mass is 10.1. The number of carbonyl (C=O) groups is 1. The van der Waals surface area contributed by atoms with Crippen molar-refractivity contribution in [2.45, 2.75) is 65.8 Å². The first-order valence-corrected chi connectivity index (χ1v) is 11.3. The summed E-state index contributed by atoms with van der Waals surface area (Å²) in [5.41, 5.74) is 4.62. The molecule has 160 valence electrons. The zero-order chi connectivity index (χ0) is 21.3. The molecular weight excluding hydrogens is 370 g/mol. The summed E-state index contributed by atoms with van der Waals surface area (Å²) >= 11 is 0. The van der Waals surface area contributed by atoms with Gasteiger partial charge in [0.15, 0.2) is 0 Å². The van der Waals surface area contributed by atoms with Crippen LogP contribution in [0.25, 0.3) is 11.0 Å². The van der Waals surface area contributed by atoms with Crippen LogP contribution in [0.1, 0.15) is 56.5 Å². The molecular formula is C26H35N3O. The normalized spacial score (nSPS) is 12.2. The number of nitrogens with zero attached hydrogens (tertiary/aromatic N) is 2. The third-order valence-corrected chi connectivity index (χ3v) is 5.94. The Morgan fingerprint density at radius 1 is 1.07 bits per heavy atom. The van der Waals surface area contributed by atoms with Crippen LogP contribution in [-0.4, -0.2) is 22.0 Å². The number of benzene rings is 2. The Kier molecular flexibility index (Phi) is 8.06. The lowest BCUT2D eigenvalue weighted by molar-refractivity contribution is -0.120. The number of imidazole rings is 1. The van der Waals surface area contributed by atoms with E-state index in [4.69, 9.17) is 4.98 Å². The van der Waals surface area contributed by atoms with E-state index in [-0.39, 0.29) is 5.91 Å². The summed E-state index contributed by atoms with van der Waals surface area (Å²) in [6, 6.07) is 16.5. The maximum atomic E-state index is 12.2. The number of unbranched alkanes of at least 4 members (excludes halogenated alkanes) is 2. The van der Waals surface area contributed by atoms with E-state index >= 15 is 0 Å². The van der Waals surface area contributed by atoms with Crippen molar-refractivity contribution < 1.29 is 4.79 Å².